The highest BCUT2D eigenvalue weighted by Crippen LogP contribution is 2.30. The van der Waals surface area contributed by atoms with E-state index in [1.807, 2.05) is 30.0 Å². The summed E-state index contributed by atoms with van der Waals surface area (Å²) in [6.07, 6.45) is 9.04. The van der Waals surface area contributed by atoms with E-state index < -0.39 is 0 Å². The Hall–Kier alpha value is -1.09. The van der Waals surface area contributed by atoms with Crippen LogP contribution < -0.4 is 9.47 Å². The van der Waals surface area contributed by atoms with Crippen LogP contribution in [0.15, 0.2) is 23.6 Å². The predicted molar refractivity (Wildman–Crippen MR) is 83.0 cm³/mol. The van der Waals surface area contributed by atoms with Crippen molar-refractivity contribution in [1.29, 1.82) is 0 Å². The van der Waals surface area contributed by atoms with E-state index >= 15 is 0 Å². The van der Waals surface area contributed by atoms with Gasteiger partial charge in [0.1, 0.15) is 11.5 Å². The molecular formula is C16H22O2S. The molecule has 0 amide bonds. The number of rotatable bonds is 5. The Labute approximate surface area is 120 Å². The molecule has 0 aromatic heterocycles. The summed E-state index contributed by atoms with van der Waals surface area (Å²) in [6, 6.07) is 5.95. The Morgan fingerprint density at radius 2 is 1.63 bits per heavy atom. The molecular weight excluding hydrogens is 256 g/mol. The summed E-state index contributed by atoms with van der Waals surface area (Å²) in [5.41, 5.74) is 1.12. The van der Waals surface area contributed by atoms with Gasteiger partial charge in [0.25, 0.3) is 0 Å². The fraction of sp³-hybridized carbons (Fsp3) is 0.500. The lowest BCUT2D eigenvalue weighted by Crippen LogP contribution is -2.06. The average molecular weight is 278 g/mol. The molecule has 0 aliphatic heterocycles. The Morgan fingerprint density at radius 1 is 1.00 bits per heavy atom. The van der Waals surface area contributed by atoms with Gasteiger partial charge in [0.05, 0.1) is 14.2 Å². The van der Waals surface area contributed by atoms with Crippen molar-refractivity contribution < 1.29 is 9.47 Å². The second-order valence-corrected chi connectivity index (χ2v) is 6.06. The molecule has 0 spiro atoms. The first kappa shape index (κ1) is 14.3. The van der Waals surface area contributed by atoms with Gasteiger partial charge in [-0.05, 0) is 42.0 Å². The van der Waals surface area contributed by atoms with Crippen molar-refractivity contribution >= 4 is 17.8 Å². The van der Waals surface area contributed by atoms with Crippen LogP contribution in [0.25, 0.3) is 6.08 Å². The number of hydrogen-bond donors (Lipinski definition) is 0. The summed E-state index contributed by atoms with van der Waals surface area (Å²) in [5.74, 6) is 1.67. The fourth-order valence-corrected chi connectivity index (χ4v) is 3.42. The van der Waals surface area contributed by atoms with Gasteiger partial charge in [-0.15, -0.1) is 11.8 Å². The largest absolute Gasteiger partial charge is 0.497 e. The smallest absolute Gasteiger partial charge is 0.123 e. The van der Waals surface area contributed by atoms with E-state index in [1.165, 1.54) is 32.1 Å². The van der Waals surface area contributed by atoms with E-state index in [2.05, 4.69) is 11.5 Å². The van der Waals surface area contributed by atoms with Gasteiger partial charge in [-0.1, -0.05) is 19.3 Å². The molecule has 1 saturated carbocycles. The van der Waals surface area contributed by atoms with Gasteiger partial charge in [-0.3, -0.25) is 0 Å². The third-order valence-electron chi connectivity index (χ3n) is 3.46. The molecule has 0 radical (unpaired) electrons. The second kappa shape index (κ2) is 7.49. The normalized spacial score (nSPS) is 16.7. The molecule has 1 aromatic carbocycles. The molecule has 1 aromatic rings. The number of ether oxygens (including phenoxy) is 2. The van der Waals surface area contributed by atoms with Crippen LogP contribution in [0.3, 0.4) is 0 Å². The second-order valence-electron chi connectivity index (χ2n) is 4.84. The highest BCUT2D eigenvalue weighted by Gasteiger charge is 2.11. The first-order valence-corrected chi connectivity index (χ1v) is 7.81. The van der Waals surface area contributed by atoms with Gasteiger partial charge in [-0.25, -0.2) is 0 Å². The molecule has 0 atom stereocenters. The van der Waals surface area contributed by atoms with Gasteiger partial charge < -0.3 is 9.47 Å². The molecule has 3 heteroatoms. The van der Waals surface area contributed by atoms with Crippen LogP contribution >= 0.6 is 11.8 Å². The molecule has 2 nitrogen and oxygen atoms in total. The minimum atomic E-state index is 0.803. The van der Waals surface area contributed by atoms with Gasteiger partial charge in [-0.2, -0.15) is 0 Å². The maximum Gasteiger partial charge on any atom is 0.123 e. The molecule has 1 fully saturated rings. The summed E-state index contributed by atoms with van der Waals surface area (Å²) >= 11 is 1.96. The number of thioether (sulfide) groups is 1. The van der Waals surface area contributed by atoms with Crippen molar-refractivity contribution in [2.45, 2.75) is 37.4 Å². The van der Waals surface area contributed by atoms with Crippen LogP contribution in [0.2, 0.25) is 0 Å². The summed E-state index contributed by atoms with van der Waals surface area (Å²) in [5, 5.41) is 3.02. The highest BCUT2D eigenvalue weighted by atomic mass is 32.2. The highest BCUT2D eigenvalue weighted by molar-refractivity contribution is 8.02. The summed E-state index contributed by atoms with van der Waals surface area (Å²) in [4.78, 5) is 0. The van der Waals surface area contributed by atoms with E-state index in [0.29, 0.717) is 0 Å². The minimum Gasteiger partial charge on any atom is -0.497 e. The monoisotopic (exact) mass is 278 g/mol. The Bertz CT molecular complexity index is 401. The molecule has 1 aliphatic rings. The maximum absolute atomic E-state index is 5.27. The van der Waals surface area contributed by atoms with Crippen LogP contribution in [0.5, 0.6) is 11.5 Å². The van der Waals surface area contributed by atoms with Crippen molar-refractivity contribution in [3.63, 3.8) is 0 Å². The first-order valence-electron chi connectivity index (χ1n) is 6.87. The van der Waals surface area contributed by atoms with E-state index in [0.717, 1.165) is 22.3 Å². The van der Waals surface area contributed by atoms with Crippen molar-refractivity contribution in [2.75, 3.05) is 14.2 Å². The van der Waals surface area contributed by atoms with Crippen molar-refractivity contribution in [2.24, 2.45) is 0 Å². The molecule has 0 saturated heterocycles. The van der Waals surface area contributed by atoms with Crippen molar-refractivity contribution in [1.82, 2.24) is 0 Å². The predicted octanol–water partition coefficient (Wildman–Crippen LogP) is 4.74. The lowest BCUT2D eigenvalue weighted by molar-refractivity contribution is 0.394. The van der Waals surface area contributed by atoms with E-state index in [9.17, 15) is 0 Å². The Kier molecular flexibility index (Phi) is 5.64. The molecule has 0 heterocycles. The van der Waals surface area contributed by atoms with Crippen LogP contribution in [-0.4, -0.2) is 19.5 Å². The SMILES string of the molecule is COc1cc(/C=C/SC2CCCCC2)cc(OC)c1. The molecule has 2 rings (SSSR count). The zero-order chi connectivity index (χ0) is 13.5. The molecule has 0 unspecified atom stereocenters. The van der Waals surface area contributed by atoms with Crippen LogP contribution in [-0.2, 0) is 0 Å². The number of benzene rings is 1. The molecule has 104 valence electrons. The zero-order valence-electron chi connectivity index (χ0n) is 11.7. The van der Waals surface area contributed by atoms with E-state index in [4.69, 9.17) is 9.47 Å². The molecule has 1 aliphatic carbocycles. The third-order valence-corrected chi connectivity index (χ3v) is 4.61. The lowest BCUT2D eigenvalue weighted by atomic mass is 10.0. The van der Waals surface area contributed by atoms with Crippen molar-refractivity contribution in [3.05, 3.63) is 29.2 Å². The lowest BCUT2D eigenvalue weighted by Gasteiger charge is -2.19. The molecule has 0 N–H and O–H groups in total. The quantitative estimate of drug-likeness (QED) is 0.775. The van der Waals surface area contributed by atoms with Crippen LogP contribution in [0.1, 0.15) is 37.7 Å². The number of methoxy groups -OCH3 is 2. The first-order chi connectivity index (χ1) is 9.31. The summed E-state index contributed by atoms with van der Waals surface area (Å²) in [7, 11) is 3.36. The summed E-state index contributed by atoms with van der Waals surface area (Å²) in [6.45, 7) is 0. The minimum absolute atomic E-state index is 0.803. The maximum atomic E-state index is 5.27. The van der Waals surface area contributed by atoms with Gasteiger partial charge >= 0.3 is 0 Å². The molecule has 0 bridgehead atoms. The van der Waals surface area contributed by atoms with Gasteiger partial charge in [0.15, 0.2) is 0 Å². The third kappa shape index (κ3) is 4.50. The van der Waals surface area contributed by atoms with Gasteiger partial charge in [0, 0.05) is 11.3 Å². The number of hydrogen-bond acceptors (Lipinski definition) is 3. The van der Waals surface area contributed by atoms with Crippen molar-refractivity contribution in [3.8, 4) is 11.5 Å². The standard InChI is InChI=1S/C16H22O2S/c1-17-14-10-13(11-15(12-14)18-2)8-9-19-16-6-4-3-5-7-16/h8-12,16H,3-7H2,1-2H3/b9-8+. The van der Waals surface area contributed by atoms with E-state index in [1.54, 1.807) is 14.2 Å². The topological polar surface area (TPSA) is 18.5 Å². The van der Waals surface area contributed by atoms with Crippen LogP contribution in [0, 0.1) is 0 Å². The van der Waals surface area contributed by atoms with E-state index in [-0.39, 0.29) is 0 Å². The molecule has 19 heavy (non-hydrogen) atoms. The van der Waals surface area contributed by atoms with Crippen LogP contribution in [0.4, 0.5) is 0 Å². The fourth-order valence-electron chi connectivity index (χ4n) is 2.36. The average Bonchev–Trinajstić information content (AvgIpc) is 2.48. The van der Waals surface area contributed by atoms with Gasteiger partial charge in [0.2, 0.25) is 0 Å². The Morgan fingerprint density at radius 3 is 2.21 bits per heavy atom. The summed E-state index contributed by atoms with van der Waals surface area (Å²) < 4.78 is 10.5. The Balaban J connectivity index is 1.96. The zero-order valence-corrected chi connectivity index (χ0v) is 12.5.